The lowest BCUT2D eigenvalue weighted by Gasteiger charge is -2.44. The number of rotatable bonds is 0. The average Bonchev–Trinajstić information content (AvgIpc) is 2.28. The molecule has 1 saturated carbocycles. The molecule has 0 aromatic rings. The SMILES string of the molecule is CC12C=NC=NC1C1N=CC=CC1CC2. The van der Waals surface area contributed by atoms with Crippen LogP contribution < -0.4 is 0 Å². The smallest absolute Gasteiger partial charge is 0.109 e. The minimum atomic E-state index is 0.123. The molecule has 3 rings (SSSR count). The molecular formula is C12H15N3. The lowest BCUT2D eigenvalue weighted by atomic mass is 9.65. The Kier molecular flexibility index (Phi) is 1.87. The lowest BCUT2D eigenvalue weighted by Crippen LogP contribution is -2.49. The maximum atomic E-state index is 4.59. The monoisotopic (exact) mass is 201 g/mol. The normalized spacial score (nSPS) is 46.3. The lowest BCUT2D eigenvalue weighted by molar-refractivity contribution is 0.201. The van der Waals surface area contributed by atoms with Gasteiger partial charge in [0.25, 0.3) is 0 Å². The zero-order valence-electron chi connectivity index (χ0n) is 8.87. The third-order valence-corrected chi connectivity index (χ3v) is 3.82. The first kappa shape index (κ1) is 9.01. The van der Waals surface area contributed by atoms with Crippen LogP contribution in [0.25, 0.3) is 0 Å². The van der Waals surface area contributed by atoms with Crippen molar-refractivity contribution in [1.29, 1.82) is 0 Å². The quantitative estimate of drug-likeness (QED) is 0.574. The fraction of sp³-hybridized carbons (Fsp3) is 0.583. The van der Waals surface area contributed by atoms with E-state index in [1.807, 2.05) is 6.21 Å². The molecule has 3 aliphatic rings. The molecule has 1 fully saturated rings. The van der Waals surface area contributed by atoms with Crippen LogP contribution in [0.5, 0.6) is 0 Å². The number of allylic oxidation sites excluding steroid dienone is 1. The highest BCUT2D eigenvalue weighted by atomic mass is 15.0. The van der Waals surface area contributed by atoms with Gasteiger partial charge in [-0.25, -0.2) is 4.99 Å². The Morgan fingerprint density at radius 2 is 2.27 bits per heavy atom. The number of hydrogen-bond acceptors (Lipinski definition) is 3. The number of dihydropyridines is 1. The van der Waals surface area contributed by atoms with Gasteiger partial charge in [0.2, 0.25) is 0 Å². The first-order chi connectivity index (χ1) is 7.30. The van der Waals surface area contributed by atoms with Gasteiger partial charge in [0, 0.05) is 23.8 Å². The molecule has 2 heterocycles. The summed E-state index contributed by atoms with van der Waals surface area (Å²) in [6.07, 6.45) is 12.4. The van der Waals surface area contributed by atoms with Crippen molar-refractivity contribution >= 4 is 18.8 Å². The van der Waals surface area contributed by atoms with Gasteiger partial charge in [-0.1, -0.05) is 13.0 Å². The Bertz CT molecular complexity index is 380. The maximum Gasteiger partial charge on any atom is 0.109 e. The molecule has 0 saturated heterocycles. The zero-order valence-corrected chi connectivity index (χ0v) is 8.87. The first-order valence-corrected chi connectivity index (χ1v) is 5.56. The second-order valence-electron chi connectivity index (χ2n) is 4.87. The van der Waals surface area contributed by atoms with E-state index in [1.54, 1.807) is 6.34 Å². The van der Waals surface area contributed by atoms with Crippen molar-refractivity contribution in [3.05, 3.63) is 12.2 Å². The molecule has 3 heteroatoms. The molecule has 15 heavy (non-hydrogen) atoms. The summed E-state index contributed by atoms with van der Waals surface area (Å²) in [5.41, 5.74) is 0.123. The molecule has 0 aromatic heterocycles. The summed E-state index contributed by atoms with van der Waals surface area (Å²) in [4.78, 5) is 13.3. The summed E-state index contributed by atoms with van der Waals surface area (Å²) in [6.45, 7) is 2.25. The van der Waals surface area contributed by atoms with E-state index in [2.05, 4.69) is 40.3 Å². The molecule has 1 aliphatic carbocycles. The Morgan fingerprint density at radius 1 is 1.33 bits per heavy atom. The van der Waals surface area contributed by atoms with Crippen LogP contribution in [0.2, 0.25) is 0 Å². The van der Waals surface area contributed by atoms with Gasteiger partial charge < -0.3 is 0 Å². The van der Waals surface area contributed by atoms with E-state index in [1.165, 1.54) is 12.8 Å². The summed E-state index contributed by atoms with van der Waals surface area (Å²) in [6, 6.07) is 0.617. The Labute approximate surface area is 89.7 Å². The van der Waals surface area contributed by atoms with Gasteiger partial charge in [-0.05, 0) is 18.9 Å². The minimum Gasteiger partial charge on any atom is -0.287 e. The third kappa shape index (κ3) is 1.29. The average molecular weight is 201 g/mol. The summed E-state index contributed by atoms with van der Waals surface area (Å²) >= 11 is 0. The van der Waals surface area contributed by atoms with Crippen molar-refractivity contribution in [3.63, 3.8) is 0 Å². The van der Waals surface area contributed by atoms with Crippen LogP contribution >= 0.6 is 0 Å². The maximum absolute atomic E-state index is 4.59. The van der Waals surface area contributed by atoms with Crippen molar-refractivity contribution < 1.29 is 0 Å². The molecule has 78 valence electrons. The molecule has 0 N–H and O–H groups in total. The Hall–Kier alpha value is -1.25. The molecule has 0 amide bonds. The highest BCUT2D eigenvalue weighted by molar-refractivity contribution is 5.80. The largest absolute Gasteiger partial charge is 0.287 e. The van der Waals surface area contributed by atoms with Crippen molar-refractivity contribution in [2.45, 2.75) is 31.8 Å². The second kappa shape index (κ2) is 3.12. The van der Waals surface area contributed by atoms with Gasteiger partial charge in [-0.15, -0.1) is 0 Å². The van der Waals surface area contributed by atoms with Gasteiger partial charge in [0.15, 0.2) is 0 Å². The third-order valence-electron chi connectivity index (χ3n) is 3.82. The van der Waals surface area contributed by atoms with Gasteiger partial charge >= 0.3 is 0 Å². The fourth-order valence-electron chi connectivity index (χ4n) is 2.88. The topological polar surface area (TPSA) is 37.1 Å². The van der Waals surface area contributed by atoms with Crippen LogP contribution in [0.3, 0.4) is 0 Å². The van der Waals surface area contributed by atoms with Crippen LogP contribution in [0, 0.1) is 11.3 Å². The summed E-state index contributed by atoms with van der Waals surface area (Å²) < 4.78 is 0. The van der Waals surface area contributed by atoms with E-state index in [9.17, 15) is 0 Å². The van der Waals surface area contributed by atoms with Crippen molar-refractivity contribution in [2.75, 3.05) is 0 Å². The molecular weight excluding hydrogens is 186 g/mol. The van der Waals surface area contributed by atoms with Crippen LogP contribution in [0.1, 0.15) is 19.8 Å². The van der Waals surface area contributed by atoms with Crippen LogP contribution in [-0.2, 0) is 0 Å². The first-order valence-electron chi connectivity index (χ1n) is 5.56. The van der Waals surface area contributed by atoms with E-state index in [0.29, 0.717) is 12.0 Å². The summed E-state index contributed by atoms with van der Waals surface area (Å²) in [7, 11) is 0. The Morgan fingerprint density at radius 3 is 3.20 bits per heavy atom. The molecule has 4 atom stereocenters. The van der Waals surface area contributed by atoms with Gasteiger partial charge in [-0.3, -0.25) is 9.98 Å². The van der Waals surface area contributed by atoms with E-state index in [-0.39, 0.29) is 11.5 Å². The fourth-order valence-corrected chi connectivity index (χ4v) is 2.88. The van der Waals surface area contributed by atoms with Gasteiger partial charge in [-0.2, -0.15) is 0 Å². The van der Waals surface area contributed by atoms with Crippen LogP contribution in [0.15, 0.2) is 27.1 Å². The molecule has 2 aliphatic heterocycles. The molecule has 4 unspecified atom stereocenters. The van der Waals surface area contributed by atoms with E-state index in [4.69, 9.17) is 0 Å². The van der Waals surface area contributed by atoms with Crippen LogP contribution in [0.4, 0.5) is 0 Å². The molecule has 0 spiro atoms. The number of nitrogens with zero attached hydrogens (tertiary/aromatic N) is 3. The number of aliphatic imine (C=N–C) groups is 3. The van der Waals surface area contributed by atoms with Crippen molar-refractivity contribution in [1.82, 2.24) is 0 Å². The van der Waals surface area contributed by atoms with E-state index < -0.39 is 0 Å². The van der Waals surface area contributed by atoms with Gasteiger partial charge in [0.05, 0.1) is 12.1 Å². The van der Waals surface area contributed by atoms with E-state index in [0.717, 1.165) is 0 Å². The minimum absolute atomic E-state index is 0.123. The zero-order chi connectivity index (χ0) is 10.3. The predicted octanol–water partition coefficient (Wildman–Crippen LogP) is 1.89. The van der Waals surface area contributed by atoms with Gasteiger partial charge in [0.1, 0.15) is 6.34 Å². The molecule has 0 bridgehead atoms. The second-order valence-corrected chi connectivity index (χ2v) is 4.87. The van der Waals surface area contributed by atoms with Crippen molar-refractivity contribution in [2.24, 2.45) is 26.3 Å². The Balaban J connectivity index is 1.97. The highest BCUT2D eigenvalue weighted by Gasteiger charge is 2.46. The molecule has 3 nitrogen and oxygen atoms in total. The van der Waals surface area contributed by atoms with Crippen LogP contribution in [-0.4, -0.2) is 30.9 Å². The standard InChI is InChI=1S/C12H15N3/c1-12-5-4-9-3-2-6-14-10(9)11(12)15-8-13-7-12/h2-3,6-11H,4-5H2,1H3. The van der Waals surface area contributed by atoms with Crippen molar-refractivity contribution in [3.8, 4) is 0 Å². The molecule has 0 radical (unpaired) electrons. The van der Waals surface area contributed by atoms with E-state index >= 15 is 0 Å². The molecule has 0 aromatic carbocycles. The summed E-state index contributed by atoms with van der Waals surface area (Å²) in [5.74, 6) is 0.580. The number of fused-ring (bicyclic) bond motifs is 3. The number of hydrogen-bond donors (Lipinski definition) is 0. The summed E-state index contributed by atoms with van der Waals surface area (Å²) in [5, 5.41) is 0. The highest BCUT2D eigenvalue weighted by Crippen LogP contribution is 2.43. The predicted molar refractivity (Wildman–Crippen MR) is 63.0 cm³/mol.